The molecular weight excluding hydrogens is 332 g/mol. The van der Waals surface area contributed by atoms with Crippen molar-refractivity contribution in [2.24, 2.45) is 0 Å². The minimum absolute atomic E-state index is 0.0320. The van der Waals surface area contributed by atoms with Crippen LogP contribution in [0.2, 0.25) is 0 Å². The summed E-state index contributed by atoms with van der Waals surface area (Å²) in [4.78, 5) is 15.6. The summed E-state index contributed by atoms with van der Waals surface area (Å²) in [6.07, 6.45) is 6.03. The molecule has 23 heavy (non-hydrogen) atoms. The zero-order valence-corrected chi connectivity index (χ0v) is 14.7. The molecule has 0 bridgehead atoms. The van der Waals surface area contributed by atoms with Gasteiger partial charge in [0.2, 0.25) is 0 Å². The van der Waals surface area contributed by atoms with Crippen molar-refractivity contribution in [1.29, 1.82) is 0 Å². The van der Waals surface area contributed by atoms with E-state index in [1.807, 2.05) is 26.8 Å². The maximum atomic E-state index is 12.7. The fourth-order valence-corrected chi connectivity index (χ4v) is 4.50. The molecule has 2 aromatic rings. The lowest BCUT2D eigenvalue weighted by atomic mass is 10.2. The van der Waals surface area contributed by atoms with E-state index in [9.17, 15) is 9.00 Å². The van der Waals surface area contributed by atoms with Gasteiger partial charge in [0.25, 0.3) is 5.91 Å². The van der Waals surface area contributed by atoms with Crippen LogP contribution in [0.15, 0.2) is 23.8 Å². The minimum atomic E-state index is -2.20. The molecule has 1 saturated heterocycles. The fraction of sp³-hybridized carbons (Fsp3) is 0.400. The maximum absolute atomic E-state index is 12.7. The van der Waals surface area contributed by atoms with Crippen molar-refractivity contribution in [2.45, 2.75) is 6.42 Å². The SMILES string of the molecule is C=S(C)(=O)N1CCCN(C(=O)c2csc(-c3cn[nH]c3)c2)CC1. The number of aromatic amines is 1. The Morgan fingerprint density at radius 3 is 2.91 bits per heavy atom. The van der Waals surface area contributed by atoms with Crippen LogP contribution in [0.5, 0.6) is 0 Å². The Morgan fingerprint density at radius 1 is 1.39 bits per heavy atom. The molecule has 1 amide bonds. The summed E-state index contributed by atoms with van der Waals surface area (Å²) < 4.78 is 14.0. The van der Waals surface area contributed by atoms with E-state index in [0.29, 0.717) is 31.7 Å². The molecule has 1 unspecified atom stereocenters. The van der Waals surface area contributed by atoms with Gasteiger partial charge in [0.15, 0.2) is 0 Å². The van der Waals surface area contributed by atoms with Gasteiger partial charge in [-0.2, -0.15) is 5.10 Å². The van der Waals surface area contributed by atoms with Crippen LogP contribution in [-0.4, -0.2) is 67.8 Å². The highest BCUT2D eigenvalue weighted by molar-refractivity contribution is 7.97. The van der Waals surface area contributed by atoms with E-state index in [1.54, 1.807) is 12.5 Å². The lowest BCUT2D eigenvalue weighted by molar-refractivity contribution is 0.0765. The van der Waals surface area contributed by atoms with Crippen molar-refractivity contribution < 1.29 is 9.00 Å². The molecule has 3 heterocycles. The van der Waals surface area contributed by atoms with E-state index in [1.165, 1.54) is 11.3 Å². The van der Waals surface area contributed by atoms with Crippen LogP contribution in [0.1, 0.15) is 16.8 Å². The molecule has 1 aliphatic heterocycles. The Hall–Kier alpha value is -1.64. The fourth-order valence-electron chi connectivity index (χ4n) is 2.65. The number of rotatable bonds is 3. The number of H-pyrrole nitrogens is 1. The van der Waals surface area contributed by atoms with E-state index >= 15 is 0 Å². The Balaban J connectivity index is 1.71. The van der Waals surface area contributed by atoms with Crippen LogP contribution in [0, 0.1) is 0 Å². The summed E-state index contributed by atoms with van der Waals surface area (Å²) in [7, 11) is -2.20. The summed E-state index contributed by atoms with van der Waals surface area (Å²) >= 11 is 1.54. The molecule has 0 aromatic carbocycles. The second-order valence-corrected chi connectivity index (χ2v) is 9.07. The molecule has 0 aliphatic carbocycles. The zero-order valence-electron chi connectivity index (χ0n) is 13.0. The van der Waals surface area contributed by atoms with Crippen LogP contribution in [0.4, 0.5) is 0 Å². The third-order valence-electron chi connectivity index (χ3n) is 3.92. The summed E-state index contributed by atoms with van der Waals surface area (Å²) in [5, 5.41) is 8.60. The van der Waals surface area contributed by atoms with Gasteiger partial charge < -0.3 is 4.90 Å². The number of nitrogens with one attached hydrogen (secondary N) is 1. The summed E-state index contributed by atoms with van der Waals surface area (Å²) in [5.41, 5.74) is 1.69. The Labute approximate surface area is 140 Å². The molecule has 8 heteroatoms. The van der Waals surface area contributed by atoms with Gasteiger partial charge in [-0.15, -0.1) is 11.3 Å². The Morgan fingerprint density at radius 2 is 2.22 bits per heavy atom. The number of amides is 1. The van der Waals surface area contributed by atoms with Gasteiger partial charge in [0, 0.05) is 64.2 Å². The quantitative estimate of drug-likeness (QED) is 0.852. The number of aromatic nitrogens is 2. The third-order valence-corrected chi connectivity index (χ3v) is 6.35. The number of carbonyl (C=O) groups excluding carboxylic acids is 1. The van der Waals surface area contributed by atoms with Gasteiger partial charge in [-0.1, -0.05) is 0 Å². The summed E-state index contributed by atoms with van der Waals surface area (Å²) in [5.74, 6) is 3.77. The number of hydrogen-bond acceptors (Lipinski definition) is 4. The first-order valence-corrected chi connectivity index (χ1v) is 10.4. The van der Waals surface area contributed by atoms with Crippen LogP contribution in [0.3, 0.4) is 0 Å². The van der Waals surface area contributed by atoms with Crippen LogP contribution in [0.25, 0.3) is 10.4 Å². The van der Waals surface area contributed by atoms with Crippen molar-refractivity contribution in [1.82, 2.24) is 19.4 Å². The van der Waals surface area contributed by atoms with Crippen molar-refractivity contribution >= 4 is 32.8 Å². The van der Waals surface area contributed by atoms with Crippen molar-refractivity contribution in [3.05, 3.63) is 29.4 Å². The maximum Gasteiger partial charge on any atom is 0.254 e. The molecule has 0 saturated carbocycles. The highest BCUT2D eigenvalue weighted by atomic mass is 32.2. The van der Waals surface area contributed by atoms with Gasteiger partial charge in [0.1, 0.15) is 0 Å². The Bertz CT molecular complexity index is 780. The molecule has 0 spiro atoms. The van der Waals surface area contributed by atoms with Crippen molar-refractivity contribution in [2.75, 3.05) is 32.4 Å². The molecule has 1 atom stereocenters. The lowest BCUT2D eigenvalue weighted by Gasteiger charge is -2.22. The smallest absolute Gasteiger partial charge is 0.254 e. The molecule has 6 nitrogen and oxygen atoms in total. The third kappa shape index (κ3) is 3.65. The van der Waals surface area contributed by atoms with Crippen LogP contribution in [-0.2, 0) is 9.71 Å². The number of hydrogen-bond donors (Lipinski definition) is 1. The molecule has 1 aliphatic rings. The summed E-state index contributed by atoms with van der Waals surface area (Å²) in [6.45, 7) is 2.58. The van der Waals surface area contributed by atoms with Crippen LogP contribution < -0.4 is 0 Å². The summed E-state index contributed by atoms with van der Waals surface area (Å²) in [6, 6.07) is 1.91. The Kier molecular flexibility index (Phi) is 4.56. The first-order chi connectivity index (χ1) is 10.9. The molecule has 124 valence electrons. The van der Waals surface area contributed by atoms with Gasteiger partial charge in [-0.3, -0.25) is 14.1 Å². The predicted octanol–water partition coefficient (Wildman–Crippen LogP) is 1.55. The average Bonchev–Trinajstić information content (AvgIpc) is 3.11. The normalized spacial score (nSPS) is 19.3. The molecular formula is C15H20N4O2S2. The first kappa shape index (κ1) is 16.2. The van der Waals surface area contributed by atoms with E-state index in [0.717, 1.165) is 16.9 Å². The van der Waals surface area contributed by atoms with E-state index < -0.39 is 9.71 Å². The molecule has 1 fully saturated rings. The van der Waals surface area contributed by atoms with Gasteiger partial charge in [-0.05, 0) is 18.4 Å². The average molecular weight is 352 g/mol. The number of carbonyl (C=O) groups is 1. The van der Waals surface area contributed by atoms with E-state index in [-0.39, 0.29) is 5.91 Å². The molecule has 3 rings (SSSR count). The number of thiophene rings is 1. The second kappa shape index (κ2) is 6.46. The van der Waals surface area contributed by atoms with Crippen molar-refractivity contribution in [3.8, 4) is 10.4 Å². The predicted molar refractivity (Wildman–Crippen MR) is 95.2 cm³/mol. The van der Waals surface area contributed by atoms with Crippen molar-refractivity contribution in [3.63, 3.8) is 0 Å². The van der Waals surface area contributed by atoms with E-state index in [4.69, 9.17) is 0 Å². The number of nitrogens with zero attached hydrogens (tertiary/aromatic N) is 3. The molecule has 0 radical (unpaired) electrons. The first-order valence-electron chi connectivity index (χ1n) is 7.39. The zero-order chi connectivity index (χ0) is 16.4. The van der Waals surface area contributed by atoms with Gasteiger partial charge >= 0.3 is 0 Å². The highest BCUT2D eigenvalue weighted by Gasteiger charge is 2.23. The van der Waals surface area contributed by atoms with Gasteiger partial charge in [0.05, 0.1) is 11.8 Å². The molecule has 1 N–H and O–H groups in total. The standard InChI is InChI=1S/C15H20N4O2S2/c1-23(2,21)19-5-3-4-18(6-7-19)15(20)12-8-14(22-11-12)13-9-16-17-10-13/h8-11H,1,3-7H2,2H3,(H,16,17). The topological polar surface area (TPSA) is 69.3 Å². The minimum Gasteiger partial charge on any atom is -0.337 e. The van der Waals surface area contributed by atoms with Gasteiger partial charge in [-0.25, -0.2) is 4.31 Å². The monoisotopic (exact) mass is 352 g/mol. The molecule has 2 aromatic heterocycles. The second-order valence-electron chi connectivity index (χ2n) is 5.72. The van der Waals surface area contributed by atoms with E-state index in [2.05, 4.69) is 16.1 Å². The highest BCUT2D eigenvalue weighted by Crippen LogP contribution is 2.27. The lowest BCUT2D eigenvalue weighted by Crippen LogP contribution is -2.36. The largest absolute Gasteiger partial charge is 0.337 e. The van der Waals surface area contributed by atoms with Crippen LogP contribution >= 0.6 is 11.3 Å².